The normalized spacial score (nSPS) is 10.0. The van der Waals surface area contributed by atoms with Gasteiger partial charge in [0.2, 0.25) is 0 Å². The summed E-state index contributed by atoms with van der Waals surface area (Å²) in [5.74, 6) is 0.0590. The minimum Gasteiger partial charge on any atom is -0.300 e. The van der Waals surface area contributed by atoms with Gasteiger partial charge in [0, 0.05) is 6.42 Å². The van der Waals surface area contributed by atoms with E-state index in [9.17, 15) is 9.59 Å². The minimum absolute atomic E-state index is 0.0174. The molecular weight excluding hydrogens is 116 g/mol. The van der Waals surface area contributed by atoms with Gasteiger partial charge in [0.1, 0.15) is 5.78 Å². The van der Waals surface area contributed by atoms with Crippen LogP contribution in [0.5, 0.6) is 0 Å². The Hall–Kier alpha value is -0.920. The summed E-state index contributed by atoms with van der Waals surface area (Å²) in [5, 5.41) is 0. The molecule has 2 heteroatoms. The summed E-state index contributed by atoms with van der Waals surface area (Å²) >= 11 is 0. The molecule has 0 radical (unpaired) electrons. The average Bonchev–Trinajstić information content (AvgIpc) is 1.63. The van der Waals surface area contributed by atoms with E-state index < -0.39 is 0 Å². The van der Waals surface area contributed by atoms with Crippen molar-refractivity contribution in [2.45, 2.75) is 20.3 Å². The Morgan fingerprint density at radius 1 is 1.33 bits per heavy atom. The van der Waals surface area contributed by atoms with Gasteiger partial charge in [-0.1, -0.05) is 6.08 Å². The lowest BCUT2D eigenvalue weighted by Crippen LogP contribution is -1.86. The summed E-state index contributed by atoms with van der Waals surface area (Å²) in [6.45, 7) is 2.95. The van der Waals surface area contributed by atoms with Crippen molar-refractivity contribution in [2.24, 2.45) is 0 Å². The summed E-state index contributed by atoms with van der Waals surface area (Å²) in [5.41, 5.74) is 0. The van der Waals surface area contributed by atoms with Crippen LogP contribution in [-0.2, 0) is 9.59 Å². The first-order chi connectivity index (χ1) is 4.13. The lowest BCUT2D eigenvalue weighted by Gasteiger charge is -1.80. The molecule has 0 aromatic heterocycles. The van der Waals surface area contributed by atoms with Crippen molar-refractivity contribution in [3.05, 3.63) is 12.2 Å². The molecule has 0 spiro atoms. The Kier molecular flexibility index (Phi) is 3.60. The number of Topliss-reactive ketones (excluding diaryl/α,β-unsaturated/α-hetero) is 1. The van der Waals surface area contributed by atoms with Gasteiger partial charge in [-0.05, 0) is 19.9 Å². The summed E-state index contributed by atoms with van der Waals surface area (Å²) in [4.78, 5) is 20.5. The second-order valence-electron chi connectivity index (χ2n) is 1.92. The zero-order valence-corrected chi connectivity index (χ0v) is 5.68. The number of hydrogen-bond acceptors (Lipinski definition) is 2. The van der Waals surface area contributed by atoms with Crippen LogP contribution in [0.4, 0.5) is 0 Å². The third-order valence-electron chi connectivity index (χ3n) is 0.758. The van der Waals surface area contributed by atoms with E-state index in [-0.39, 0.29) is 11.6 Å². The molecule has 2 nitrogen and oxygen atoms in total. The maximum atomic E-state index is 10.3. The number of ketones is 2. The molecule has 9 heavy (non-hydrogen) atoms. The molecule has 50 valence electrons. The number of carbonyl (C=O) groups excluding carboxylic acids is 2. The van der Waals surface area contributed by atoms with Crippen LogP contribution in [-0.4, -0.2) is 11.6 Å². The molecule has 0 rings (SSSR count). The van der Waals surface area contributed by atoms with E-state index in [0.29, 0.717) is 6.42 Å². The first-order valence-electron chi connectivity index (χ1n) is 2.79. The number of hydrogen-bond donors (Lipinski definition) is 0. The molecule has 0 aromatic carbocycles. The van der Waals surface area contributed by atoms with Crippen molar-refractivity contribution >= 4 is 11.6 Å². The number of rotatable bonds is 3. The number of allylic oxidation sites excluding steroid dienone is 2. The monoisotopic (exact) mass is 126 g/mol. The van der Waals surface area contributed by atoms with Gasteiger partial charge in [-0.15, -0.1) is 0 Å². The largest absolute Gasteiger partial charge is 0.300 e. The molecule has 0 fully saturated rings. The van der Waals surface area contributed by atoms with Crippen molar-refractivity contribution in [3.8, 4) is 0 Å². The first-order valence-corrected chi connectivity index (χ1v) is 2.79. The van der Waals surface area contributed by atoms with E-state index in [0.717, 1.165) is 0 Å². The SMILES string of the molecule is CC(=O)C=CCC(C)=O. The van der Waals surface area contributed by atoms with Gasteiger partial charge >= 0.3 is 0 Å². The zero-order chi connectivity index (χ0) is 7.28. The molecule has 0 atom stereocenters. The standard InChI is InChI=1S/C7H10O2/c1-6(8)4-3-5-7(2)9/h3-4H,5H2,1-2H3. The van der Waals surface area contributed by atoms with Gasteiger partial charge in [0.05, 0.1) is 0 Å². The Morgan fingerprint density at radius 3 is 2.22 bits per heavy atom. The fourth-order valence-corrected chi connectivity index (χ4v) is 0.391. The van der Waals surface area contributed by atoms with Crippen LogP contribution in [0.2, 0.25) is 0 Å². The molecule has 0 aliphatic carbocycles. The van der Waals surface area contributed by atoms with Crippen molar-refractivity contribution in [1.82, 2.24) is 0 Å². The van der Waals surface area contributed by atoms with E-state index in [4.69, 9.17) is 0 Å². The smallest absolute Gasteiger partial charge is 0.152 e. The van der Waals surface area contributed by atoms with Gasteiger partial charge < -0.3 is 0 Å². The Balaban J connectivity index is 3.48. The highest BCUT2D eigenvalue weighted by molar-refractivity contribution is 5.88. The summed E-state index contributed by atoms with van der Waals surface area (Å²) < 4.78 is 0. The Labute approximate surface area is 54.6 Å². The lowest BCUT2D eigenvalue weighted by molar-refractivity contribution is -0.116. The van der Waals surface area contributed by atoms with E-state index in [1.807, 2.05) is 0 Å². The third-order valence-corrected chi connectivity index (χ3v) is 0.758. The average molecular weight is 126 g/mol. The van der Waals surface area contributed by atoms with Crippen molar-refractivity contribution in [2.75, 3.05) is 0 Å². The Morgan fingerprint density at radius 2 is 1.89 bits per heavy atom. The number of carbonyl (C=O) groups is 2. The second-order valence-corrected chi connectivity index (χ2v) is 1.92. The quantitative estimate of drug-likeness (QED) is 0.531. The van der Waals surface area contributed by atoms with E-state index in [1.165, 1.54) is 19.9 Å². The molecule has 0 saturated heterocycles. The van der Waals surface area contributed by atoms with Gasteiger partial charge in [-0.25, -0.2) is 0 Å². The minimum atomic E-state index is -0.0174. The maximum absolute atomic E-state index is 10.3. The molecule has 0 saturated carbocycles. The van der Waals surface area contributed by atoms with Crippen molar-refractivity contribution in [3.63, 3.8) is 0 Å². The maximum Gasteiger partial charge on any atom is 0.152 e. The predicted octanol–water partition coefficient (Wildman–Crippen LogP) is 1.11. The van der Waals surface area contributed by atoms with Crippen LogP contribution in [0.15, 0.2) is 12.2 Å². The summed E-state index contributed by atoms with van der Waals surface area (Å²) in [7, 11) is 0. The van der Waals surface area contributed by atoms with Crippen LogP contribution in [0, 0.1) is 0 Å². The molecule has 0 aliphatic rings. The predicted molar refractivity (Wildman–Crippen MR) is 35.1 cm³/mol. The highest BCUT2D eigenvalue weighted by atomic mass is 16.1. The van der Waals surface area contributed by atoms with Crippen LogP contribution in [0.1, 0.15) is 20.3 Å². The molecule has 0 aliphatic heterocycles. The second kappa shape index (κ2) is 4.01. The van der Waals surface area contributed by atoms with E-state index in [1.54, 1.807) is 6.08 Å². The highest BCUT2D eigenvalue weighted by Crippen LogP contribution is 1.84. The van der Waals surface area contributed by atoms with Crippen LogP contribution in [0.3, 0.4) is 0 Å². The molecular formula is C7H10O2. The van der Waals surface area contributed by atoms with Gasteiger partial charge in [-0.2, -0.15) is 0 Å². The highest BCUT2D eigenvalue weighted by Gasteiger charge is 1.86. The zero-order valence-electron chi connectivity index (χ0n) is 5.68. The van der Waals surface area contributed by atoms with Gasteiger partial charge in [-0.3, -0.25) is 9.59 Å². The van der Waals surface area contributed by atoms with Crippen LogP contribution in [0.25, 0.3) is 0 Å². The molecule has 0 heterocycles. The van der Waals surface area contributed by atoms with E-state index in [2.05, 4.69) is 0 Å². The van der Waals surface area contributed by atoms with Crippen molar-refractivity contribution < 1.29 is 9.59 Å². The molecule has 0 N–H and O–H groups in total. The fourth-order valence-electron chi connectivity index (χ4n) is 0.391. The summed E-state index contributed by atoms with van der Waals surface area (Å²) in [6, 6.07) is 0. The van der Waals surface area contributed by atoms with Crippen LogP contribution >= 0.6 is 0 Å². The lowest BCUT2D eigenvalue weighted by atomic mass is 10.3. The third kappa shape index (κ3) is 7.08. The molecule has 0 amide bonds. The summed E-state index contributed by atoms with van der Waals surface area (Å²) in [6.07, 6.45) is 3.34. The fraction of sp³-hybridized carbons (Fsp3) is 0.429. The first kappa shape index (κ1) is 8.08. The topological polar surface area (TPSA) is 34.1 Å². The molecule has 0 unspecified atom stereocenters. The van der Waals surface area contributed by atoms with Gasteiger partial charge in [0.15, 0.2) is 5.78 Å². The van der Waals surface area contributed by atoms with Crippen molar-refractivity contribution in [1.29, 1.82) is 0 Å². The molecule has 0 aromatic rings. The molecule has 0 bridgehead atoms. The Bertz CT molecular complexity index is 145. The van der Waals surface area contributed by atoms with Crippen LogP contribution < -0.4 is 0 Å². The van der Waals surface area contributed by atoms with E-state index >= 15 is 0 Å². The van der Waals surface area contributed by atoms with Gasteiger partial charge in [0.25, 0.3) is 0 Å².